The number of hydrogen-bond donors (Lipinski definition) is 1. The first-order valence-corrected chi connectivity index (χ1v) is 6.46. The summed E-state index contributed by atoms with van der Waals surface area (Å²) in [4.78, 5) is 10.4. The molecule has 2 aliphatic rings. The van der Waals surface area contributed by atoms with Crippen LogP contribution in [0.2, 0.25) is 0 Å². The van der Waals surface area contributed by atoms with Gasteiger partial charge in [-0.2, -0.15) is 0 Å². The topological polar surface area (TPSA) is 49.8 Å². The first-order chi connectivity index (χ1) is 8.26. The number of carbonyl (C=O) groups excluding carboxylic acids is 1. The Balaban J connectivity index is 2.27. The van der Waals surface area contributed by atoms with Crippen molar-refractivity contribution in [2.75, 3.05) is 0 Å². The van der Waals surface area contributed by atoms with Gasteiger partial charge in [-0.05, 0) is 38.0 Å². The largest absolute Gasteiger partial charge is 0.393 e. The fourth-order valence-electron chi connectivity index (χ4n) is 3.49. The van der Waals surface area contributed by atoms with Gasteiger partial charge in [0.25, 0.3) is 0 Å². The molecule has 3 nitrogen and oxygen atoms in total. The average molecular weight is 250 g/mol. The van der Waals surface area contributed by atoms with Gasteiger partial charge in [0.2, 0.25) is 0 Å². The van der Waals surface area contributed by atoms with E-state index in [9.17, 15) is 9.90 Å². The maximum absolute atomic E-state index is 10.4. The van der Waals surface area contributed by atoms with Crippen LogP contribution in [-0.4, -0.2) is 28.7 Å². The van der Waals surface area contributed by atoms with Gasteiger partial charge in [-0.3, -0.25) is 4.79 Å². The van der Waals surface area contributed by atoms with Crippen LogP contribution in [0.1, 0.15) is 40.5 Å². The summed E-state index contributed by atoms with van der Waals surface area (Å²) in [5, 5.41) is 9.92. The summed E-state index contributed by atoms with van der Waals surface area (Å²) in [6.07, 6.45) is 7.46. The molecule has 2 rings (SSSR count). The molecule has 1 saturated heterocycles. The number of carbonyl (C=O) groups is 1. The van der Waals surface area contributed by atoms with Gasteiger partial charge < -0.3 is 9.84 Å². The van der Waals surface area contributed by atoms with Crippen molar-refractivity contribution >= 4 is 6.29 Å². The predicted octanol–water partition coefficient (Wildman–Crippen LogP) is 2.40. The standard InChI is InChI=1S/C15H22O3/c1-11(6-8-16)5-7-15-13(2,3)9-12(17)10-14(15,4)18-15/h5-8,12,17H,9-10H2,1-4H3/t12-,14+,15-/m0/s1. The van der Waals surface area contributed by atoms with E-state index in [-0.39, 0.29) is 22.7 Å². The molecule has 0 radical (unpaired) electrons. The third-order valence-electron chi connectivity index (χ3n) is 4.42. The SMILES string of the molecule is CC(C=C[C@@]12O[C@]1(C)C[C@@H](O)CC2(C)C)=CC=O. The van der Waals surface area contributed by atoms with Crippen LogP contribution in [0.3, 0.4) is 0 Å². The number of aldehydes is 1. The fourth-order valence-corrected chi connectivity index (χ4v) is 3.49. The lowest BCUT2D eigenvalue weighted by molar-refractivity contribution is -0.104. The highest BCUT2D eigenvalue weighted by Gasteiger charge is 2.74. The molecular formula is C15H22O3. The lowest BCUT2D eigenvalue weighted by Gasteiger charge is -2.39. The number of hydrogen-bond acceptors (Lipinski definition) is 3. The summed E-state index contributed by atoms with van der Waals surface area (Å²) in [7, 11) is 0. The van der Waals surface area contributed by atoms with E-state index in [1.54, 1.807) is 0 Å². The Morgan fingerprint density at radius 3 is 2.56 bits per heavy atom. The molecule has 18 heavy (non-hydrogen) atoms. The highest BCUT2D eigenvalue weighted by molar-refractivity contribution is 5.67. The summed E-state index contributed by atoms with van der Waals surface area (Å²) < 4.78 is 6.00. The summed E-state index contributed by atoms with van der Waals surface area (Å²) in [6, 6.07) is 0. The molecule has 0 spiro atoms. The van der Waals surface area contributed by atoms with Gasteiger partial charge in [-0.15, -0.1) is 0 Å². The van der Waals surface area contributed by atoms with Crippen molar-refractivity contribution in [3.63, 3.8) is 0 Å². The molecule has 0 bridgehead atoms. The van der Waals surface area contributed by atoms with E-state index in [0.29, 0.717) is 6.42 Å². The summed E-state index contributed by atoms with van der Waals surface area (Å²) >= 11 is 0. The van der Waals surface area contributed by atoms with Crippen LogP contribution in [0.4, 0.5) is 0 Å². The molecule has 1 saturated carbocycles. The van der Waals surface area contributed by atoms with Gasteiger partial charge in [0.05, 0.1) is 6.10 Å². The fraction of sp³-hybridized carbons (Fsp3) is 0.667. The van der Waals surface area contributed by atoms with Crippen molar-refractivity contribution in [3.05, 3.63) is 23.8 Å². The zero-order valence-electron chi connectivity index (χ0n) is 11.6. The van der Waals surface area contributed by atoms with Crippen molar-refractivity contribution in [2.24, 2.45) is 5.41 Å². The normalized spacial score (nSPS) is 42.7. The van der Waals surface area contributed by atoms with Crippen LogP contribution in [0.5, 0.6) is 0 Å². The van der Waals surface area contributed by atoms with Gasteiger partial charge in [0.1, 0.15) is 17.5 Å². The Bertz CT molecular complexity index is 421. The monoisotopic (exact) mass is 250 g/mol. The molecule has 1 aliphatic carbocycles. The second-order valence-corrected chi connectivity index (χ2v) is 6.39. The zero-order chi connectivity index (χ0) is 13.6. The molecule has 3 heteroatoms. The molecular weight excluding hydrogens is 228 g/mol. The number of ether oxygens (including phenoxy) is 1. The van der Waals surface area contributed by atoms with Gasteiger partial charge in [-0.25, -0.2) is 0 Å². The van der Waals surface area contributed by atoms with Crippen LogP contribution >= 0.6 is 0 Å². The van der Waals surface area contributed by atoms with E-state index in [4.69, 9.17) is 4.74 Å². The molecule has 0 aromatic heterocycles. The van der Waals surface area contributed by atoms with Gasteiger partial charge in [0.15, 0.2) is 0 Å². The highest BCUT2D eigenvalue weighted by Crippen LogP contribution is 2.66. The molecule has 0 aromatic rings. The molecule has 0 amide bonds. The molecule has 1 heterocycles. The molecule has 0 unspecified atom stereocenters. The Morgan fingerprint density at radius 1 is 1.33 bits per heavy atom. The van der Waals surface area contributed by atoms with E-state index in [1.807, 2.05) is 13.0 Å². The number of allylic oxidation sites excluding steroid dienone is 3. The van der Waals surface area contributed by atoms with Crippen molar-refractivity contribution in [2.45, 2.75) is 57.8 Å². The summed E-state index contributed by atoms with van der Waals surface area (Å²) in [5.41, 5.74) is 0.236. The number of fused-ring (bicyclic) bond motifs is 1. The minimum Gasteiger partial charge on any atom is -0.393 e. The van der Waals surface area contributed by atoms with Crippen molar-refractivity contribution in [1.29, 1.82) is 0 Å². The second-order valence-electron chi connectivity index (χ2n) is 6.39. The van der Waals surface area contributed by atoms with Crippen LogP contribution in [-0.2, 0) is 9.53 Å². The Labute approximate surface area is 109 Å². The number of rotatable bonds is 3. The first kappa shape index (κ1) is 13.5. The van der Waals surface area contributed by atoms with Crippen LogP contribution < -0.4 is 0 Å². The maximum Gasteiger partial charge on any atom is 0.143 e. The molecule has 100 valence electrons. The second kappa shape index (κ2) is 4.04. The van der Waals surface area contributed by atoms with Gasteiger partial charge >= 0.3 is 0 Å². The average Bonchev–Trinajstić information content (AvgIpc) is 2.82. The van der Waals surface area contributed by atoms with Crippen LogP contribution in [0, 0.1) is 5.41 Å². The predicted molar refractivity (Wildman–Crippen MR) is 70.2 cm³/mol. The van der Waals surface area contributed by atoms with E-state index < -0.39 is 0 Å². The first-order valence-electron chi connectivity index (χ1n) is 6.46. The lowest BCUT2D eigenvalue weighted by atomic mass is 9.63. The Hall–Kier alpha value is -0.930. The molecule has 1 aliphatic heterocycles. The Kier molecular flexibility index (Phi) is 3.03. The highest BCUT2D eigenvalue weighted by atomic mass is 16.6. The molecule has 3 atom stereocenters. The molecule has 0 aromatic carbocycles. The summed E-state index contributed by atoms with van der Waals surface area (Å²) in [5.74, 6) is 0. The lowest BCUT2D eigenvalue weighted by Crippen LogP contribution is -2.46. The number of epoxide rings is 1. The van der Waals surface area contributed by atoms with Crippen LogP contribution in [0.15, 0.2) is 23.8 Å². The van der Waals surface area contributed by atoms with Crippen molar-refractivity contribution < 1.29 is 14.6 Å². The zero-order valence-corrected chi connectivity index (χ0v) is 11.6. The third kappa shape index (κ3) is 1.86. The number of aliphatic hydroxyl groups is 1. The third-order valence-corrected chi connectivity index (χ3v) is 4.42. The van der Waals surface area contributed by atoms with E-state index in [2.05, 4.69) is 26.8 Å². The van der Waals surface area contributed by atoms with E-state index >= 15 is 0 Å². The molecule has 1 N–H and O–H groups in total. The van der Waals surface area contributed by atoms with E-state index in [0.717, 1.165) is 18.3 Å². The van der Waals surface area contributed by atoms with Gasteiger partial charge in [-0.1, -0.05) is 19.9 Å². The van der Waals surface area contributed by atoms with Gasteiger partial charge in [0, 0.05) is 11.8 Å². The minimum absolute atomic E-state index is 0.0998. The van der Waals surface area contributed by atoms with Crippen molar-refractivity contribution in [1.82, 2.24) is 0 Å². The Morgan fingerprint density at radius 2 is 2.00 bits per heavy atom. The van der Waals surface area contributed by atoms with E-state index in [1.165, 1.54) is 6.08 Å². The van der Waals surface area contributed by atoms with Crippen molar-refractivity contribution in [3.8, 4) is 0 Å². The smallest absolute Gasteiger partial charge is 0.143 e. The maximum atomic E-state index is 10.4. The quantitative estimate of drug-likeness (QED) is 0.362. The molecule has 2 fully saturated rings. The van der Waals surface area contributed by atoms with Crippen LogP contribution in [0.25, 0.3) is 0 Å². The minimum atomic E-state index is -0.308. The summed E-state index contributed by atoms with van der Waals surface area (Å²) in [6.45, 7) is 8.21. The number of aliphatic hydroxyl groups excluding tert-OH is 1.